The van der Waals surface area contributed by atoms with E-state index in [0.717, 1.165) is 11.3 Å². The predicted molar refractivity (Wildman–Crippen MR) is 98.1 cm³/mol. The van der Waals surface area contributed by atoms with Gasteiger partial charge in [-0.05, 0) is 17.2 Å². The summed E-state index contributed by atoms with van der Waals surface area (Å²) in [6.45, 7) is 1.85. The Morgan fingerprint density at radius 2 is 2.11 bits per heavy atom. The van der Waals surface area contributed by atoms with Gasteiger partial charge in [0.25, 0.3) is 0 Å². The number of aromatic nitrogens is 6. The Morgan fingerprint density at radius 1 is 1.29 bits per heavy atom. The third-order valence-electron chi connectivity index (χ3n) is 4.00. The van der Waals surface area contributed by atoms with Crippen LogP contribution in [-0.4, -0.2) is 48.1 Å². The van der Waals surface area contributed by atoms with Crippen molar-refractivity contribution in [2.45, 2.75) is 39.0 Å². The molecule has 1 unspecified atom stereocenters. The van der Waals surface area contributed by atoms with Gasteiger partial charge >= 0.3 is 6.09 Å². The molecule has 2 heterocycles. The van der Waals surface area contributed by atoms with Crippen molar-refractivity contribution in [2.24, 2.45) is 0 Å². The SMILES string of the molecule is CCC(NC(=O)OCc1ccccc1)C(=O)Cn1nnc(Cc2cnc[nH]2)n1. The number of benzene rings is 1. The highest BCUT2D eigenvalue weighted by atomic mass is 16.5. The van der Waals surface area contributed by atoms with Crippen LogP contribution in [0.4, 0.5) is 4.79 Å². The lowest BCUT2D eigenvalue weighted by Crippen LogP contribution is -2.42. The maximum atomic E-state index is 12.5. The number of hydrogen-bond acceptors (Lipinski definition) is 7. The molecule has 146 valence electrons. The molecule has 28 heavy (non-hydrogen) atoms. The summed E-state index contributed by atoms with van der Waals surface area (Å²) in [5, 5.41) is 14.6. The lowest BCUT2D eigenvalue weighted by Gasteiger charge is -2.15. The Bertz CT molecular complexity index is 893. The Balaban J connectivity index is 1.49. The van der Waals surface area contributed by atoms with Crippen LogP contribution in [0.3, 0.4) is 0 Å². The first-order chi connectivity index (χ1) is 13.6. The number of H-pyrrole nitrogens is 1. The standard InChI is InChI=1S/C18H21N7O3/c1-2-15(21-18(27)28-11-13-6-4-3-5-7-13)16(26)10-25-23-17(22-24-25)8-14-9-19-12-20-14/h3-7,9,12,15H,2,8,10-11H2,1H3,(H,19,20)(H,21,27). The molecule has 10 nitrogen and oxygen atoms in total. The number of hydrogen-bond donors (Lipinski definition) is 2. The second-order valence-electron chi connectivity index (χ2n) is 6.12. The van der Waals surface area contributed by atoms with Crippen molar-refractivity contribution in [1.82, 2.24) is 35.5 Å². The van der Waals surface area contributed by atoms with Crippen molar-refractivity contribution in [3.8, 4) is 0 Å². The van der Waals surface area contributed by atoms with E-state index in [1.54, 1.807) is 19.4 Å². The van der Waals surface area contributed by atoms with Gasteiger partial charge in [-0.3, -0.25) is 4.79 Å². The molecule has 10 heteroatoms. The molecule has 3 rings (SSSR count). The number of Topliss-reactive ketones (excluding diaryl/α,β-unsaturated/α-hetero) is 1. The summed E-state index contributed by atoms with van der Waals surface area (Å²) >= 11 is 0. The van der Waals surface area contributed by atoms with Gasteiger partial charge in [0.05, 0.1) is 18.8 Å². The van der Waals surface area contributed by atoms with Gasteiger partial charge in [-0.2, -0.15) is 4.80 Å². The first kappa shape index (κ1) is 19.2. The molecule has 0 bridgehead atoms. The minimum absolute atomic E-state index is 0.0898. The van der Waals surface area contributed by atoms with Crippen LogP contribution in [-0.2, 0) is 29.1 Å². The zero-order valence-corrected chi connectivity index (χ0v) is 15.4. The van der Waals surface area contributed by atoms with Gasteiger partial charge in [-0.1, -0.05) is 37.3 Å². The number of ether oxygens (including phenoxy) is 1. The van der Waals surface area contributed by atoms with E-state index in [1.807, 2.05) is 30.3 Å². The van der Waals surface area contributed by atoms with Crippen LogP contribution in [0.5, 0.6) is 0 Å². The molecule has 1 aromatic carbocycles. The quantitative estimate of drug-likeness (QED) is 0.569. The molecule has 0 fully saturated rings. The Labute approximate surface area is 161 Å². The maximum Gasteiger partial charge on any atom is 0.408 e. The van der Waals surface area contributed by atoms with Gasteiger partial charge < -0.3 is 15.0 Å². The molecule has 3 aromatic rings. The van der Waals surface area contributed by atoms with E-state index < -0.39 is 12.1 Å². The van der Waals surface area contributed by atoms with Crippen LogP contribution in [0.15, 0.2) is 42.9 Å². The molecule has 0 aliphatic carbocycles. The molecule has 0 saturated carbocycles. The Kier molecular flexibility index (Phi) is 6.45. The van der Waals surface area contributed by atoms with Gasteiger partial charge in [0.2, 0.25) is 0 Å². The molecule has 0 aliphatic heterocycles. The van der Waals surface area contributed by atoms with E-state index in [4.69, 9.17) is 4.74 Å². The molecule has 1 amide bonds. The van der Waals surface area contributed by atoms with E-state index in [0.29, 0.717) is 18.7 Å². The van der Waals surface area contributed by atoms with Crippen molar-refractivity contribution in [3.05, 3.63) is 59.9 Å². The van der Waals surface area contributed by atoms with E-state index >= 15 is 0 Å². The van der Waals surface area contributed by atoms with Crippen molar-refractivity contribution in [3.63, 3.8) is 0 Å². The molecule has 0 radical (unpaired) electrons. The van der Waals surface area contributed by atoms with Crippen LogP contribution in [0.1, 0.15) is 30.4 Å². The number of rotatable bonds is 9. The summed E-state index contributed by atoms with van der Waals surface area (Å²) < 4.78 is 5.16. The first-order valence-electron chi connectivity index (χ1n) is 8.88. The van der Waals surface area contributed by atoms with Crippen molar-refractivity contribution in [2.75, 3.05) is 0 Å². The smallest absolute Gasteiger partial charge is 0.408 e. The fraction of sp³-hybridized carbons (Fsp3) is 0.333. The summed E-state index contributed by atoms with van der Waals surface area (Å²) in [5.74, 6) is 0.241. The number of nitrogens with one attached hydrogen (secondary N) is 2. The van der Waals surface area contributed by atoms with Crippen LogP contribution >= 0.6 is 0 Å². The van der Waals surface area contributed by atoms with Crippen molar-refractivity contribution >= 4 is 11.9 Å². The van der Waals surface area contributed by atoms with E-state index in [9.17, 15) is 9.59 Å². The highest BCUT2D eigenvalue weighted by Gasteiger charge is 2.21. The molecule has 0 aliphatic rings. The number of nitrogens with zero attached hydrogens (tertiary/aromatic N) is 5. The molecule has 0 saturated heterocycles. The summed E-state index contributed by atoms with van der Waals surface area (Å²) in [5.41, 5.74) is 1.72. The van der Waals surface area contributed by atoms with Crippen LogP contribution in [0, 0.1) is 0 Å². The molecule has 2 N–H and O–H groups in total. The van der Waals surface area contributed by atoms with Crippen LogP contribution in [0.25, 0.3) is 0 Å². The average molecular weight is 383 g/mol. The fourth-order valence-corrected chi connectivity index (χ4v) is 2.53. The normalized spacial score (nSPS) is 11.8. The van der Waals surface area contributed by atoms with Crippen molar-refractivity contribution < 1.29 is 14.3 Å². The fourth-order valence-electron chi connectivity index (χ4n) is 2.53. The third-order valence-corrected chi connectivity index (χ3v) is 4.00. The van der Waals surface area contributed by atoms with Gasteiger partial charge in [0.15, 0.2) is 11.6 Å². The Hall–Kier alpha value is -3.56. The summed E-state index contributed by atoms with van der Waals surface area (Å²) in [6, 6.07) is 8.63. The van der Waals surface area contributed by atoms with Crippen LogP contribution in [0.2, 0.25) is 0 Å². The number of imidazole rings is 1. The van der Waals surface area contributed by atoms with Gasteiger partial charge in [0, 0.05) is 11.9 Å². The van der Waals surface area contributed by atoms with E-state index in [-0.39, 0.29) is 18.9 Å². The average Bonchev–Trinajstić information content (AvgIpc) is 3.37. The second-order valence-corrected chi connectivity index (χ2v) is 6.12. The zero-order valence-electron chi connectivity index (χ0n) is 15.4. The number of amides is 1. The number of tetrazole rings is 1. The highest BCUT2D eigenvalue weighted by Crippen LogP contribution is 2.03. The van der Waals surface area contributed by atoms with Crippen LogP contribution < -0.4 is 5.32 Å². The zero-order chi connectivity index (χ0) is 19.8. The third kappa shape index (κ3) is 5.47. The number of alkyl carbamates (subject to hydrolysis) is 1. The summed E-state index contributed by atoms with van der Waals surface area (Å²) in [7, 11) is 0. The number of carbonyl (C=O) groups excluding carboxylic acids is 2. The summed E-state index contributed by atoms with van der Waals surface area (Å²) in [4.78, 5) is 32.5. The largest absolute Gasteiger partial charge is 0.445 e. The van der Waals surface area contributed by atoms with E-state index in [2.05, 4.69) is 30.7 Å². The molecule has 2 aromatic heterocycles. The minimum atomic E-state index is -0.690. The van der Waals surface area contributed by atoms with Crippen molar-refractivity contribution in [1.29, 1.82) is 0 Å². The summed E-state index contributed by atoms with van der Waals surface area (Å²) in [6.07, 6.45) is 3.46. The maximum absolute atomic E-state index is 12.5. The molecular weight excluding hydrogens is 362 g/mol. The predicted octanol–water partition coefficient (Wildman–Crippen LogP) is 1.26. The highest BCUT2D eigenvalue weighted by molar-refractivity contribution is 5.87. The monoisotopic (exact) mass is 383 g/mol. The van der Waals surface area contributed by atoms with Gasteiger partial charge in [-0.25, -0.2) is 9.78 Å². The number of carbonyl (C=O) groups is 2. The van der Waals surface area contributed by atoms with Gasteiger partial charge in [0.1, 0.15) is 13.2 Å². The minimum Gasteiger partial charge on any atom is -0.445 e. The lowest BCUT2D eigenvalue weighted by atomic mass is 10.1. The van der Waals surface area contributed by atoms with E-state index in [1.165, 1.54) is 4.80 Å². The molecular formula is C18H21N7O3. The molecule has 0 spiro atoms. The Morgan fingerprint density at radius 3 is 2.82 bits per heavy atom. The lowest BCUT2D eigenvalue weighted by molar-refractivity contribution is -0.122. The topological polar surface area (TPSA) is 128 Å². The number of ketones is 1. The molecule has 1 atom stereocenters. The number of aromatic amines is 1. The van der Waals surface area contributed by atoms with Gasteiger partial charge in [-0.15, -0.1) is 10.2 Å². The first-order valence-corrected chi connectivity index (χ1v) is 8.88. The second kappa shape index (κ2) is 9.40.